The van der Waals surface area contributed by atoms with Gasteiger partial charge in [0.15, 0.2) is 0 Å². The summed E-state index contributed by atoms with van der Waals surface area (Å²) >= 11 is 5.94. The molecule has 0 saturated heterocycles. The van der Waals surface area contributed by atoms with Crippen molar-refractivity contribution < 1.29 is 4.79 Å². The van der Waals surface area contributed by atoms with E-state index in [1.165, 1.54) is 0 Å². The van der Waals surface area contributed by atoms with E-state index in [2.05, 4.69) is 15.5 Å². The zero-order valence-corrected chi connectivity index (χ0v) is 15.0. The van der Waals surface area contributed by atoms with Gasteiger partial charge < -0.3 is 5.32 Å². The van der Waals surface area contributed by atoms with Crippen molar-refractivity contribution in [3.05, 3.63) is 77.1 Å². The van der Waals surface area contributed by atoms with Gasteiger partial charge in [-0.15, -0.1) is 0 Å². The minimum Gasteiger partial charge on any atom is -0.355 e. The van der Waals surface area contributed by atoms with Crippen LogP contribution in [0.15, 0.2) is 60.8 Å². The first kappa shape index (κ1) is 16.8. The lowest BCUT2D eigenvalue weighted by molar-refractivity contribution is -0.123. The van der Waals surface area contributed by atoms with Gasteiger partial charge in [-0.2, -0.15) is 15.0 Å². The zero-order valence-electron chi connectivity index (χ0n) is 14.2. The largest absolute Gasteiger partial charge is 0.355 e. The van der Waals surface area contributed by atoms with Crippen LogP contribution >= 0.6 is 11.6 Å². The summed E-state index contributed by atoms with van der Waals surface area (Å²) in [5.41, 5.74) is 2.43. The summed E-state index contributed by atoms with van der Waals surface area (Å²) in [4.78, 5) is 14.2. The summed E-state index contributed by atoms with van der Waals surface area (Å²) in [6.07, 6.45) is 4.15. The normalized spacial score (nSPS) is 14.8. The van der Waals surface area contributed by atoms with Gasteiger partial charge in [-0.25, -0.2) is 0 Å². The van der Waals surface area contributed by atoms with Crippen LogP contribution in [0.2, 0.25) is 5.02 Å². The van der Waals surface area contributed by atoms with Gasteiger partial charge in [-0.1, -0.05) is 41.9 Å². The maximum absolute atomic E-state index is 12.6. The number of nitrogens with zero attached hydrogens (tertiary/aromatic N) is 3. The molecule has 1 N–H and O–H groups in total. The van der Waals surface area contributed by atoms with E-state index in [9.17, 15) is 4.79 Å². The molecule has 0 atom stereocenters. The molecule has 1 aliphatic rings. The van der Waals surface area contributed by atoms with Gasteiger partial charge in [0.25, 0.3) is 0 Å². The van der Waals surface area contributed by atoms with Gasteiger partial charge in [0.05, 0.1) is 23.0 Å². The van der Waals surface area contributed by atoms with E-state index < -0.39 is 0 Å². The Kier molecular flexibility index (Phi) is 4.47. The fourth-order valence-corrected chi connectivity index (χ4v) is 3.23. The van der Waals surface area contributed by atoms with Crippen molar-refractivity contribution in [2.75, 3.05) is 6.54 Å². The van der Waals surface area contributed by atoms with Crippen LogP contribution in [0.3, 0.4) is 0 Å². The Morgan fingerprint density at radius 1 is 1.12 bits per heavy atom. The fourth-order valence-electron chi connectivity index (χ4n) is 3.11. The number of benzene rings is 2. The molecule has 0 radical (unpaired) electrons. The topological polar surface area (TPSA) is 59.8 Å². The highest BCUT2D eigenvalue weighted by Crippen LogP contribution is 2.48. The molecule has 5 nitrogen and oxygen atoms in total. The third kappa shape index (κ3) is 3.35. The van der Waals surface area contributed by atoms with Crippen molar-refractivity contribution in [2.24, 2.45) is 0 Å². The molecule has 1 aromatic heterocycles. The molecule has 1 saturated carbocycles. The molecule has 3 aromatic rings. The third-order valence-corrected chi connectivity index (χ3v) is 5.03. The maximum Gasteiger partial charge on any atom is 0.230 e. The lowest BCUT2D eigenvalue weighted by Gasteiger charge is -2.15. The standard InChI is InChI=1S/C20H19ClN4O/c21-16-8-6-15(7-9-16)20(11-12-20)19(26)22-13-10-17-14-23-25(24-17)18-4-2-1-3-5-18/h1-9,14H,10-13H2,(H,22,26). The molecule has 26 heavy (non-hydrogen) atoms. The number of hydrogen-bond donors (Lipinski definition) is 1. The Hall–Kier alpha value is -2.66. The molecule has 4 rings (SSSR count). The number of hydrogen-bond acceptors (Lipinski definition) is 3. The highest BCUT2D eigenvalue weighted by Gasteiger charge is 2.50. The van der Waals surface area contributed by atoms with Crippen LogP contribution in [0.25, 0.3) is 5.69 Å². The van der Waals surface area contributed by atoms with Crippen LogP contribution in [0, 0.1) is 0 Å². The van der Waals surface area contributed by atoms with E-state index in [0.29, 0.717) is 18.0 Å². The first-order chi connectivity index (χ1) is 12.7. The first-order valence-electron chi connectivity index (χ1n) is 8.68. The Balaban J connectivity index is 1.34. The molecule has 0 aliphatic heterocycles. The van der Waals surface area contributed by atoms with Crippen molar-refractivity contribution in [1.29, 1.82) is 0 Å². The number of rotatable bonds is 6. The second-order valence-electron chi connectivity index (χ2n) is 6.56. The van der Waals surface area contributed by atoms with Crippen molar-refractivity contribution in [3.63, 3.8) is 0 Å². The number of para-hydroxylation sites is 1. The number of nitrogens with one attached hydrogen (secondary N) is 1. The van der Waals surface area contributed by atoms with E-state index in [1.807, 2.05) is 54.6 Å². The molecule has 1 heterocycles. The van der Waals surface area contributed by atoms with E-state index >= 15 is 0 Å². The minimum absolute atomic E-state index is 0.0790. The lowest BCUT2D eigenvalue weighted by atomic mass is 9.95. The van der Waals surface area contributed by atoms with Crippen molar-refractivity contribution >= 4 is 17.5 Å². The van der Waals surface area contributed by atoms with Gasteiger partial charge in [0.2, 0.25) is 5.91 Å². The molecule has 0 spiro atoms. The van der Waals surface area contributed by atoms with E-state index in [4.69, 9.17) is 11.6 Å². The van der Waals surface area contributed by atoms with Crippen LogP contribution in [0.1, 0.15) is 24.1 Å². The summed E-state index contributed by atoms with van der Waals surface area (Å²) in [5, 5.41) is 12.5. The number of carbonyl (C=O) groups excluding carboxylic acids is 1. The molecular weight excluding hydrogens is 348 g/mol. The summed E-state index contributed by atoms with van der Waals surface area (Å²) in [6, 6.07) is 17.3. The van der Waals surface area contributed by atoms with Crippen LogP contribution in [-0.4, -0.2) is 27.4 Å². The third-order valence-electron chi connectivity index (χ3n) is 4.77. The second kappa shape index (κ2) is 6.92. The molecule has 6 heteroatoms. The smallest absolute Gasteiger partial charge is 0.230 e. The zero-order chi connectivity index (χ0) is 18.0. The van der Waals surface area contributed by atoms with Gasteiger partial charge in [0, 0.05) is 18.0 Å². The Labute approximate surface area is 157 Å². The molecule has 2 aromatic carbocycles. The number of carbonyl (C=O) groups is 1. The molecule has 1 fully saturated rings. The quantitative estimate of drug-likeness (QED) is 0.728. The Morgan fingerprint density at radius 2 is 1.85 bits per heavy atom. The summed E-state index contributed by atoms with van der Waals surface area (Å²) in [7, 11) is 0. The summed E-state index contributed by atoms with van der Waals surface area (Å²) < 4.78 is 0. The lowest BCUT2D eigenvalue weighted by Crippen LogP contribution is -2.36. The first-order valence-corrected chi connectivity index (χ1v) is 9.06. The Bertz CT molecular complexity index is 901. The SMILES string of the molecule is O=C(NCCc1cnn(-c2ccccc2)n1)C1(c2ccc(Cl)cc2)CC1. The average Bonchev–Trinajstić information content (AvgIpc) is 3.35. The predicted octanol–water partition coefficient (Wildman–Crippen LogP) is 3.31. The molecular formula is C20H19ClN4O. The van der Waals surface area contributed by atoms with Crippen LogP contribution in [0.4, 0.5) is 0 Å². The fraction of sp³-hybridized carbons (Fsp3) is 0.250. The van der Waals surface area contributed by atoms with Gasteiger partial charge in [0.1, 0.15) is 0 Å². The van der Waals surface area contributed by atoms with Crippen LogP contribution in [-0.2, 0) is 16.6 Å². The van der Waals surface area contributed by atoms with Crippen molar-refractivity contribution in [2.45, 2.75) is 24.7 Å². The van der Waals surface area contributed by atoms with Crippen LogP contribution < -0.4 is 5.32 Å². The molecule has 1 amide bonds. The van der Waals surface area contributed by atoms with Gasteiger partial charge in [-0.3, -0.25) is 4.79 Å². The van der Waals surface area contributed by atoms with E-state index in [1.54, 1.807) is 11.0 Å². The van der Waals surface area contributed by atoms with Crippen LogP contribution in [0.5, 0.6) is 0 Å². The van der Waals surface area contributed by atoms with Crippen molar-refractivity contribution in [1.82, 2.24) is 20.3 Å². The van der Waals surface area contributed by atoms with Gasteiger partial charge in [-0.05, 0) is 42.7 Å². The van der Waals surface area contributed by atoms with E-state index in [0.717, 1.165) is 29.8 Å². The highest BCUT2D eigenvalue weighted by atomic mass is 35.5. The monoisotopic (exact) mass is 366 g/mol. The molecule has 1 aliphatic carbocycles. The van der Waals surface area contributed by atoms with Gasteiger partial charge >= 0.3 is 0 Å². The highest BCUT2D eigenvalue weighted by molar-refractivity contribution is 6.30. The number of amides is 1. The summed E-state index contributed by atoms with van der Waals surface area (Å²) in [6.45, 7) is 0.543. The number of aromatic nitrogens is 3. The molecule has 132 valence electrons. The Morgan fingerprint density at radius 3 is 2.54 bits per heavy atom. The predicted molar refractivity (Wildman–Crippen MR) is 100 cm³/mol. The van der Waals surface area contributed by atoms with Crippen molar-refractivity contribution in [3.8, 4) is 5.69 Å². The molecule has 0 bridgehead atoms. The maximum atomic E-state index is 12.6. The minimum atomic E-state index is -0.383. The second-order valence-corrected chi connectivity index (χ2v) is 6.99. The average molecular weight is 367 g/mol. The summed E-state index contributed by atoms with van der Waals surface area (Å²) in [5.74, 6) is 0.0790. The number of halogens is 1. The molecule has 0 unspecified atom stereocenters. The van der Waals surface area contributed by atoms with E-state index in [-0.39, 0.29) is 11.3 Å².